The van der Waals surface area contributed by atoms with Crippen molar-refractivity contribution in [1.29, 1.82) is 0 Å². The van der Waals surface area contributed by atoms with E-state index >= 15 is 0 Å². The number of hydrogen-bond acceptors (Lipinski definition) is 4. The minimum Gasteiger partial charge on any atom is -0.477 e. The van der Waals surface area contributed by atoms with Gasteiger partial charge >= 0.3 is 5.97 Å². The van der Waals surface area contributed by atoms with Crippen molar-refractivity contribution in [1.82, 2.24) is 9.55 Å². The first-order chi connectivity index (χ1) is 8.49. The van der Waals surface area contributed by atoms with E-state index in [1.165, 1.54) is 22.0 Å². The topological polar surface area (TPSA) is 72.2 Å². The molecule has 0 atom stereocenters. The number of aromatic nitrogens is 2. The third-order valence-electron chi connectivity index (χ3n) is 2.61. The fourth-order valence-electron chi connectivity index (χ4n) is 1.66. The maximum absolute atomic E-state index is 12.0. The lowest BCUT2D eigenvalue weighted by atomic mass is 10.2. The van der Waals surface area contributed by atoms with E-state index in [0.29, 0.717) is 6.54 Å². The van der Waals surface area contributed by atoms with Crippen LogP contribution in [0.2, 0.25) is 0 Å². The quantitative estimate of drug-likeness (QED) is 0.915. The highest BCUT2D eigenvalue weighted by molar-refractivity contribution is 7.11. The lowest BCUT2D eigenvalue weighted by molar-refractivity contribution is 0.0694. The Hall–Kier alpha value is -1.95. The zero-order chi connectivity index (χ0) is 13.3. The van der Waals surface area contributed by atoms with Crippen molar-refractivity contribution in [2.45, 2.75) is 20.4 Å². The standard InChI is InChI=1S/C12H12N2O3S/c1-7-3-4-10(12(16)17)11(15)14(7)6-9-5-13-8(2)18-9/h3-5H,6H2,1-2H3,(H,16,17). The highest BCUT2D eigenvalue weighted by Gasteiger charge is 2.13. The van der Waals surface area contributed by atoms with E-state index in [1.807, 2.05) is 6.92 Å². The summed E-state index contributed by atoms with van der Waals surface area (Å²) in [5, 5.41) is 9.85. The number of rotatable bonds is 3. The molecule has 0 aliphatic heterocycles. The van der Waals surface area contributed by atoms with Crippen molar-refractivity contribution in [2.24, 2.45) is 0 Å². The molecular formula is C12H12N2O3S. The second-order valence-corrected chi connectivity index (χ2v) is 5.25. The van der Waals surface area contributed by atoms with E-state index in [0.717, 1.165) is 15.6 Å². The molecular weight excluding hydrogens is 252 g/mol. The van der Waals surface area contributed by atoms with Crippen LogP contribution in [-0.2, 0) is 6.54 Å². The van der Waals surface area contributed by atoms with Crippen LogP contribution in [0, 0.1) is 13.8 Å². The number of pyridine rings is 1. The Morgan fingerprint density at radius 3 is 2.72 bits per heavy atom. The van der Waals surface area contributed by atoms with E-state index in [1.54, 1.807) is 19.2 Å². The molecule has 0 spiro atoms. The Kier molecular flexibility index (Phi) is 3.29. The van der Waals surface area contributed by atoms with Crippen molar-refractivity contribution < 1.29 is 9.90 Å². The molecule has 2 aromatic rings. The Labute approximate surface area is 107 Å². The van der Waals surface area contributed by atoms with Crippen molar-refractivity contribution in [3.05, 3.63) is 49.8 Å². The smallest absolute Gasteiger partial charge is 0.341 e. The zero-order valence-corrected chi connectivity index (χ0v) is 10.8. The number of carboxylic acid groups (broad SMARTS) is 1. The Balaban J connectivity index is 2.47. The zero-order valence-electron chi connectivity index (χ0n) is 10.0. The molecule has 0 saturated heterocycles. The molecule has 94 valence electrons. The van der Waals surface area contributed by atoms with Crippen molar-refractivity contribution in [3.63, 3.8) is 0 Å². The predicted octanol–water partition coefficient (Wildman–Crippen LogP) is 1.67. The number of thiazole rings is 1. The SMILES string of the molecule is Cc1ncc(Cn2c(C)ccc(C(=O)O)c2=O)s1. The highest BCUT2D eigenvalue weighted by atomic mass is 32.1. The molecule has 2 rings (SSSR count). The number of hydrogen-bond donors (Lipinski definition) is 1. The van der Waals surface area contributed by atoms with E-state index < -0.39 is 11.5 Å². The average Bonchev–Trinajstić information content (AvgIpc) is 2.69. The van der Waals surface area contributed by atoms with Crippen molar-refractivity contribution in [2.75, 3.05) is 0 Å². The van der Waals surface area contributed by atoms with Crippen LogP contribution in [0.4, 0.5) is 0 Å². The van der Waals surface area contributed by atoms with Crippen molar-refractivity contribution in [3.8, 4) is 0 Å². The first-order valence-electron chi connectivity index (χ1n) is 5.34. The molecule has 0 bridgehead atoms. The van der Waals surface area contributed by atoms with Crippen LogP contribution < -0.4 is 5.56 Å². The molecule has 2 heterocycles. The van der Waals surface area contributed by atoms with Crippen LogP contribution in [0.1, 0.15) is 25.9 Å². The van der Waals surface area contributed by atoms with Gasteiger partial charge in [0, 0.05) is 16.8 Å². The average molecular weight is 264 g/mol. The number of aryl methyl sites for hydroxylation is 2. The van der Waals surface area contributed by atoms with Crippen LogP contribution in [0.25, 0.3) is 0 Å². The largest absolute Gasteiger partial charge is 0.477 e. The summed E-state index contributed by atoms with van der Waals surface area (Å²) in [6, 6.07) is 2.98. The van der Waals surface area contributed by atoms with Gasteiger partial charge in [-0.05, 0) is 26.0 Å². The molecule has 6 heteroatoms. The van der Waals surface area contributed by atoms with Crippen LogP contribution in [0.5, 0.6) is 0 Å². The van der Waals surface area contributed by atoms with E-state index in [-0.39, 0.29) is 5.56 Å². The van der Waals surface area contributed by atoms with Gasteiger partial charge in [-0.1, -0.05) is 0 Å². The van der Waals surface area contributed by atoms with Gasteiger partial charge in [0.1, 0.15) is 5.56 Å². The highest BCUT2D eigenvalue weighted by Crippen LogP contribution is 2.13. The summed E-state index contributed by atoms with van der Waals surface area (Å²) in [6.07, 6.45) is 1.71. The van der Waals surface area contributed by atoms with Crippen molar-refractivity contribution >= 4 is 17.3 Å². The summed E-state index contributed by atoms with van der Waals surface area (Å²) in [4.78, 5) is 28.0. The third-order valence-corrected chi connectivity index (χ3v) is 3.50. The fourth-order valence-corrected chi connectivity index (χ4v) is 2.45. The van der Waals surface area contributed by atoms with Gasteiger partial charge < -0.3 is 9.67 Å². The van der Waals surface area contributed by atoms with Gasteiger partial charge in [0.2, 0.25) is 0 Å². The third kappa shape index (κ3) is 2.33. The molecule has 0 aliphatic rings. The molecule has 0 saturated carbocycles. The number of carboxylic acids is 1. The second-order valence-electron chi connectivity index (χ2n) is 3.93. The molecule has 0 unspecified atom stereocenters. The second kappa shape index (κ2) is 4.73. The summed E-state index contributed by atoms with van der Waals surface area (Å²) in [5.74, 6) is -1.20. The molecule has 0 aromatic carbocycles. The molecule has 2 aromatic heterocycles. The Bertz CT molecular complexity index is 658. The maximum atomic E-state index is 12.0. The van der Waals surface area contributed by atoms with Gasteiger partial charge in [-0.2, -0.15) is 0 Å². The van der Waals surface area contributed by atoms with Gasteiger partial charge in [0.25, 0.3) is 5.56 Å². The lowest BCUT2D eigenvalue weighted by Gasteiger charge is -2.09. The predicted molar refractivity (Wildman–Crippen MR) is 68.4 cm³/mol. The van der Waals surface area contributed by atoms with Gasteiger partial charge in [0.05, 0.1) is 11.6 Å². The van der Waals surface area contributed by atoms with Gasteiger partial charge in [-0.3, -0.25) is 4.79 Å². The van der Waals surface area contributed by atoms with Gasteiger partial charge in [0.15, 0.2) is 0 Å². The number of carbonyl (C=O) groups is 1. The minimum absolute atomic E-state index is 0.207. The van der Waals surface area contributed by atoms with Crippen LogP contribution in [-0.4, -0.2) is 20.6 Å². The summed E-state index contributed by atoms with van der Waals surface area (Å²) in [7, 11) is 0. The number of nitrogens with zero attached hydrogens (tertiary/aromatic N) is 2. The first-order valence-corrected chi connectivity index (χ1v) is 6.15. The van der Waals surface area contributed by atoms with E-state index in [4.69, 9.17) is 5.11 Å². The maximum Gasteiger partial charge on any atom is 0.341 e. The summed E-state index contributed by atoms with van der Waals surface area (Å²) in [6.45, 7) is 4.02. The Morgan fingerprint density at radius 2 is 2.17 bits per heavy atom. The van der Waals surface area contributed by atoms with Gasteiger partial charge in [-0.15, -0.1) is 11.3 Å². The first kappa shape index (κ1) is 12.5. The molecule has 0 fully saturated rings. The van der Waals surface area contributed by atoms with E-state index in [2.05, 4.69) is 4.98 Å². The molecule has 0 amide bonds. The summed E-state index contributed by atoms with van der Waals surface area (Å²) < 4.78 is 1.45. The Morgan fingerprint density at radius 1 is 1.44 bits per heavy atom. The van der Waals surface area contributed by atoms with Crippen LogP contribution in [0.15, 0.2) is 23.1 Å². The number of aromatic carboxylic acids is 1. The summed E-state index contributed by atoms with van der Waals surface area (Å²) in [5.41, 5.74) is 0.0476. The molecule has 0 radical (unpaired) electrons. The van der Waals surface area contributed by atoms with Crippen LogP contribution in [0.3, 0.4) is 0 Å². The van der Waals surface area contributed by atoms with Crippen LogP contribution >= 0.6 is 11.3 Å². The van der Waals surface area contributed by atoms with E-state index in [9.17, 15) is 9.59 Å². The van der Waals surface area contributed by atoms with Gasteiger partial charge in [-0.25, -0.2) is 9.78 Å². The normalized spacial score (nSPS) is 10.6. The lowest BCUT2D eigenvalue weighted by Crippen LogP contribution is -2.27. The molecule has 1 N–H and O–H groups in total. The molecule has 18 heavy (non-hydrogen) atoms. The monoisotopic (exact) mass is 264 g/mol. The minimum atomic E-state index is -1.20. The summed E-state index contributed by atoms with van der Waals surface area (Å²) >= 11 is 1.50. The molecule has 5 nitrogen and oxygen atoms in total. The fraction of sp³-hybridized carbons (Fsp3) is 0.250. The molecule has 0 aliphatic carbocycles.